The van der Waals surface area contributed by atoms with E-state index in [-0.39, 0.29) is 17.6 Å². The van der Waals surface area contributed by atoms with Crippen LogP contribution in [0.1, 0.15) is 41.8 Å². The SMILES string of the molecule is CC1(C)CCN(C(=O)OCc2ccccc2)c2ccc(C(=O)O)cc21. The van der Waals surface area contributed by atoms with Crippen LogP contribution in [-0.2, 0) is 16.8 Å². The number of carbonyl (C=O) groups excluding carboxylic acids is 1. The molecule has 0 unspecified atom stereocenters. The standard InChI is InChI=1S/C20H21NO4/c1-20(2)10-11-21(17-9-8-15(18(22)23)12-16(17)20)19(24)25-13-14-6-4-3-5-7-14/h3-9,12H,10-11,13H2,1-2H3,(H,22,23). The van der Waals surface area contributed by atoms with Gasteiger partial charge in [-0.25, -0.2) is 9.59 Å². The third-order valence-electron chi connectivity index (χ3n) is 4.65. The zero-order valence-corrected chi connectivity index (χ0v) is 14.4. The molecule has 2 aromatic carbocycles. The van der Waals surface area contributed by atoms with Crippen molar-refractivity contribution in [2.45, 2.75) is 32.3 Å². The second kappa shape index (κ2) is 6.59. The number of aromatic carboxylic acids is 1. The first-order valence-corrected chi connectivity index (χ1v) is 8.24. The number of rotatable bonds is 3. The van der Waals surface area contributed by atoms with Crippen molar-refractivity contribution >= 4 is 17.7 Å². The Morgan fingerprint density at radius 1 is 1.16 bits per heavy atom. The number of carbonyl (C=O) groups is 2. The van der Waals surface area contributed by atoms with Gasteiger partial charge in [-0.2, -0.15) is 0 Å². The van der Waals surface area contributed by atoms with E-state index in [0.717, 1.165) is 23.2 Å². The quantitative estimate of drug-likeness (QED) is 0.909. The summed E-state index contributed by atoms with van der Waals surface area (Å²) in [5.41, 5.74) is 2.53. The lowest BCUT2D eigenvalue weighted by atomic mass is 9.77. The van der Waals surface area contributed by atoms with Gasteiger partial charge < -0.3 is 9.84 Å². The van der Waals surface area contributed by atoms with Crippen molar-refractivity contribution in [1.29, 1.82) is 0 Å². The Labute approximate surface area is 146 Å². The molecule has 1 heterocycles. The van der Waals surface area contributed by atoms with Gasteiger partial charge >= 0.3 is 12.1 Å². The molecule has 0 aliphatic carbocycles. The predicted molar refractivity (Wildman–Crippen MR) is 95.0 cm³/mol. The second-order valence-corrected chi connectivity index (χ2v) is 6.86. The summed E-state index contributed by atoms with van der Waals surface area (Å²) in [5.74, 6) is -0.970. The fourth-order valence-corrected chi connectivity index (χ4v) is 3.08. The van der Waals surface area contributed by atoms with E-state index < -0.39 is 12.1 Å². The number of benzene rings is 2. The summed E-state index contributed by atoms with van der Waals surface area (Å²) >= 11 is 0. The van der Waals surface area contributed by atoms with Crippen LogP contribution >= 0.6 is 0 Å². The van der Waals surface area contributed by atoms with Crippen molar-refractivity contribution in [1.82, 2.24) is 0 Å². The maximum absolute atomic E-state index is 12.6. The average molecular weight is 339 g/mol. The summed E-state index contributed by atoms with van der Waals surface area (Å²) in [6.45, 7) is 4.87. The fourth-order valence-electron chi connectivity index (χ4n) is 3.08. The monoisotopic (exact) mass is 339 g/mol. The lowest BCUT2D eigenvalue weighted by Gasteiger charge is -2.38. The minimum Gasteiger partial charge on any atom is -0.478 e. The molecule has 1 N–H and O–H groups in total. The molecule has 1 amide bonds. The van der Waals surface area contributed by atoms with Gasteiger partial charge in [0, 0.05) is 6.54 Å². The van der Waals surface area contributed by atoms with Gasteiger partial charge in [-0.15, -0.1) is 0 Å². The van der Waals surface area contributed by atoms with E-state index in [1.54, 1.807) is 17.0 Å². The van der Waals surface area contributed by atoms with Gasteiger partial charge in [-0.1, -0.05) is 44.2 Å². The molecule has 5 heteroatoms. The summed E-state index contributed by atoms with van der Waals surface area (Å²) in [7, 11) is 0. The van der Waals surface area contributed by atoms with Gasteiger partial charge in [0.15, 0.2) is 0 Å². The maximum Gasteiger partial charge on any atom is 0.414 e. The van der Waals surface area contributed by atoms with Crippen LogP contribution in [0.15, 0.2) is 48.5 Å². The van der Waals surface area contributed by atoms with Crippen LogP contribution < -0.4 is 4.90 Å². The van der Waals surface area contributed by atoms with Crippen molar-refractivity contribution in [3.8, 4) is 0 Å². The summed E-state index contributed by atoms with van der Waals surface area (Å²) in [5, 5.41) is 9.24. The molecule has 130 valence electrons. The molecule has 0 atom stereocenters. The molecule has 0 spiro atoms. The number of fused-ring (bicyclic) bond motifs is 1. The van der Waals surface area contributed by atoms with Gasteiger partial charge in [0.05, 0.1) is 11.3 Å². The number of carboxylic acids is 1. The average Bonchev–Trinajstić information content (AvgIpc) is 2.60. The van der Waals surface area contributed by atoms with Crippen LogP contribution in [0.5, 0.6) is 0 Å². The van der Waals surface area contributed by atoms with E-state index in [0.29, 0.717) is 6.54 Å². The highest BCUT2D eigenvalue weighted by Crippen LogP contribution is 2.40. The molecule has 2 aromatic rings. The molecule has 0 fully saturated rings. The molecule has 0 bridgehead atoms. The zero-order valence-electron chi connectivity index (χ0n) is 14.4. The van der Waals surface area contributed by atoms with Crippen LogP contribution in [-0.4, -0.2) is 23.7 Å². The first-order chi connectivity index (χ1) is 11.9. The fraction of sp³-hybridized carbons (Fsp3) is 0.300. The topological polar surface area (TPSA) is 66.8 Å². The summed E-state index contributed by atoms with van der Waals surface area (Å²) in [6, 6.07) is 14.4. The van der Waals surface area contributed by atoms with E-state index in [9.17, 15) is 14.7 Å². The number of ether oxygens (including phenoxy) is 1. The number of amides is 1. The molecular weight excluding hydrogens is 318 g/mol. The highest BCUT2D eigenvalue weighted by atomic mass is 16.6. The number of hydrogen-bond acceptors (Lipinski definition) is 3. The van der Waals surface area contributed by atoms with Crippen LogP contribution in [0.4, 0.5) is 10.5 Å². The van der Waals surface area contributed by atoms with Crippen molar-refractivity contribution in [2.24, 2.45) is 0 Å². The molecular formula is C20H21NO4. The van der Waals surface area contributed by atoms with Crippen molar-refractivity contribution in [3.63, 3.8) is 0 Å². The van der Waals surface area contributed by atoms with E-state index >= 15 is 0 Å². The molecule has 0 radical (unpaired) electrons. The Bertz CT molecular complexity index is 799. The van der Waals surface area contributed by atoms with Gasteiger partial charge in [0.2, 0.25) is 0 Å². The van der Waals surface area contributed by atoms with E-state index in [2.05, 4.69) is 13.8 Å². The molecule has 1 aliphatic rings. The predicted octanol–water partition coefficient (Wildman–Crippen LogP) is 4.21. The molecule has 5 nitrogen and oxygen atoms in total. The van der Waals surface area contributed by atoms with E-state index in [4.69, 9.17) is 4.74 Å². The normalized spacial score (nSPS) is 15.4. The number of nitrogens with zero attached hydrogens (tertiary/aromatic N) is 1. The summed E-state index contributed by atoms with van der Waals surface area (Å²) in [4.78, 5) is 25.4. The van der Waals surface area contributed by atoms with Crippen LogP contribution in [0, 0.1) is 0 Å². The Morgan fingerprint density at radius 2 is 1.88 bits per heavy atom. The molecule has 25 heavy (non-hydrogen) atoms. The highest BCUT2D eigenvalue weighted by Gasteiger charge is 2.35. The number of hydrogen-bond donors (Lipinski definition) is 1. The van der Waals surface area contributed by atoms with Crippen molar-refractivity contribution < 1.29 is 19.4 Å². The molecule has 0 saturated heterocycles. The Kier molecular flexibility index (Phi) is 4.49. The van der Waals surface area contributed by atoms with E-state index in [1.165, 1.54) is 6.07 Å². The lowest BCUT2D eigenvalue weighted by Crippen LogP contribution is -2.41. The summed E-state index contributed by atoms with van der Waals surface area (Å²) in [6.07, 6.45) is 0.326. The number of carboxylic acid groups (broad SMARTS) is 1. The third-order valence-corrected chi connectivity index (χ3v) is 4.65. The smallest absolute Gasteiger partial charge is 0.414 e. The third kappa shape index (κ3) is 3.50. The summed E-state index contributed by atoms with van der Waals surface area (Å²) < 4.78 is 5.44. The van der Waals surface area contributed by atoms with E-state index in [1.807, 2.05) is 30.3 Å². The van der Waals surface area contributed by atoms with Gasteiger partial charge in [0.1, 0.15) is 6.61 Å². The Hall–Kier alpha value is -2.82. The van der Waals surface area contributed by atoms with Gasteiger partial charge in [-0.3, -0.25) is 4.90 Å². The largest absolute Gasteiger partial charge is 0.478 e. The van der Waals surface area contributed by atoms with Crippen LogP contribution in [0.2, 0.25) is 0 Å². The minimum atomic E-state index is -0.970. The highest BCUT2D eigenvalue weighted by molar-refractivity contribution is 5.93. The maximum atomic E-state index is 12.6. The molecule has 3 rings (SSSR count). The zero-order chi connectivity index (χ0) is 18.0. The van der Waals surface area contributed by atoms with Crippen LogP contribution in [0.3, 0.4) is 0 Å². The molecule has 0 saturated carbocycles. The first-order valence-electron chi connectivity index (χ1n) is 8.24. The first kappa shape index (κ1) is 17.0. The Balaban J connectivity index is 1.84. The van der Waals surface area contributed by atoms with Gasteiger partial charge in [-0.05, 0) is 41.2 Å². The van der Waals surface area contributed by atoms with Gasteiger partial charge in [0.25, 0.3) is 0 Å². The minimum absolute atomic E-state index is 0.197. The lowest BCUT2D eigenvalue weighted by molar-refractivity contribution is 0.0696. The number of anilines is 1. The van der Waals surface area contributed by atoms with Crippen molar-refractivity contribution in [3.05, 3.63) is 65.2 Å². The Morgan fingerprint density at radius 3 is 2.56 bits per heavy atom. The second-order valence-electron chi connectivity index (χ2n) is 6.86. The van der Waals surface area contributed by atoms with Crippen molar-refractivity contribution in [2.75, 3.05) is 11.4 Å². The molecule has 0 aromatic heterocycles. The molecule has 1 aliphatic heterocycles. The van der Waals surface area contributed by atoms with Crippen LogP contribution in [0.25, 0.3) is 0 Å².